The number of aromatic nitrogens is 1. The zero-order chi connectivity index (χ0) is 18.4. The van der Waals surface area contributed by atoms with Gasteiger partial charge >= 0.3 is 0 Å². The number of benzene rings is 2. The van der Waals surface area contributed by atoms with E-state index in [9.17, 15) is 15.2 Å². The molecule has 1 aromatic heterocycles. The van der Waals surface area contributed by atoms with Crippen LogP contribution in [0.3, 0.4) is 0 Å². The molecule has 0 saturated heterocycles. The molecule has 0 aliphatic rings. The van der Waals surface area contributed by atoms with Crippen molar-refractivity contribution in [1.29, 1.82) is 5.26 Å². The molecule has 3 rings (SSSR count). The predicted octanol–water partition coefficient (Wildman–Crippen LogP) is 3.57. The Bertz CT molecular complexity index is 957. The van der Waals surface area contributed by atoms with Crippen LogP contribution >= 0.6 is 11.8 Å². The molecule has 0 spiro atoms. The number of nitrogens with zero attached hydrogens (tertiary/aromatic N) is 2. The van der Waals surface area contributed by atoms with Crippen molar-refractivity contribution in [2.24, 2.45) is 0 Å². The molecule has 2 aromatic carbocycles. The van der Waals surface area contributed by atoms with Crippen LogP contribution in [0.15, 0.2) is 75.6 Å². The number of para-hydroxylation sites is 2. The van der Waals surface area contributed by atoms with E-state index in [2.05, 4.69) is 10.3 Å². The van der Waals surface area contributed by atoms with E-state index in [0.29, 0.717) is 16.3 Å². The van der Waals surface area contributed by atoms with E-state index in [1.165, 1.54) is 0 Å². The lowest BCUT2D eigenvalue weighted by atomic mass is 10.2. The van der Waals surface area contributed by atoms with Crippen molar-refractivity contribution >= 4 is 28.8 Å². The number of aliphatic hydroxyl groups is 1. The zero-order valence-corrected chi connectivity index (χ0v) is 14.5. The molecule has 1 heterocycles. The van der Waals surface area contributed by atoms with Crippen molar-refractivity contribution in [2.75, 3.05) is 5.75 Å². The molecule has 6 nitrogen and oxygen atoms in total. The van der Waals surface area contributed by atoms with Crippen molar-refractivity contribution in [2.45, 2.75) is 11.8 Å². The van der Waals surface area contributed by atoms with Gasteiger partial charge in [0.2, 0.25) is 0 Å². The van der Waals surface area contributed by atoms with Gasteiger partial charge in [0.05, 0.1) is 5.75 Å². The van der Waals surface area contributed by atoms with Crippen molar-refractivity contribution in [1.82, 2.24) is 10.3 Å². The van der Waals surface area contributed by atoms with E-state index in [0.717, 1.165) is 17.3 Å². The Morgan fingerprint density at radius 1 is 1.19 bits per heavy atom. The normalized spacial score (nSPS) is 11.7. The Kier molecular flexibility index (Phi) is 5.56. The second kappa shape index (κ2) is 8.23. The van der Waals surface area contributed by atoms with Crippen molar-refractivity contribution in [3.63, 3.8) is 0 Å². The van der Waals surface area contributed by atoms with Gasteiger partial charge in [-0.25, -0.2) is 4.98 Å². The average Bonchev–Trinajstić information content (AvgIpc) is 3.09. The Morgan fingerprint density at radius 2 is 1.92 bits per heavy atom. The first-order valence-corrected chi connectivity index (χ1v) is 8.78. The van der Waals surface area contributed by atoms with Gasteiger partial charge in [-0.3, -0.25) is 4.79 Å². The minimum atomic E-state index is -0.619. The summed E-state index contributed by atoms with van der Waals surface area (Å²) in [5, 5.41) is 22.3. The van der Waals surface area contributed by atoms with Crippen molar-refractivity contribution in [3.05, 3.63) is 71.5 Å². The quantitative estimate of drug-likeness (QED) is 0.300. The summed E-state index contributed by atoms with van der Waals surface area (Å²) in [6.07, 6.45) is 0. The summed E-state index contributed by atoms with van der Waals surface area (Å²) < 4.78 is 5.53. The third-order valence-electron chi connectivity index (χ3n) is 3.53. The van der Waals surface area contributed by atoms with Gasteiger partial charge in [-0.2, -0.15) is 5.26 Å². The fourth-order valence-electron chi connectivity index (χ4n) is 2.23. The molecular formula is C19H15N3O3S. The smallest absolute Gasteiger partial charge is 0.265 e. The molecule has 2 N–H and O–H groups in total. The van der Waals surface area contributed by atoms with Crippen LogP contribution in [0.1, 0.15) is 5.56 Å². The highest BCUT2D eigenvalue weighted by molar-refractivity contribution is 7.99. The van der Waals surface area contributed by atoms with Crippen LogP contribution < -0.4 is 5.32 Å². The van der Waals surface area contributed by atoms with Gasteiger partial charge in [-0.15, -0.1) is 0 Å². The molecule has 7 heteroatoms. The zero-order valence-electron chi connectivity index (χ0n) is 13.7. The second-order valence-corrected chi connectivity index (χ2v) is 6.26. The number of nitrogens with one attached hydrogen (secondary N) is 1. The summed E-state index contributed by atoms with van der Waals surface area (Å²) in [6, 6.07) is 18.4. The SMILES string of the molecule is N#C/C(C(=O)NCc1ccccc1)=C(/O)CSc1nc2ccccc2o1. The van der Waals surface area contributed by atoms with Gasteiger partial charge in [-0.1, -0.05) is 54.2 Å². The number of fused-ring (bicyclic) bond motifs is 1. The van der Waals surface area contributed by atoms with Crippen LogP contribution in [0, 0.1) is 11.3 Å². The topological polar surface area (TPSA) is 99.2 Å². The number of oxazole rings is 1. The molecule has 0 aliphatic carbocycles. The fraction of sp³-hybridized carbons (Fsp3) is 0.105. The maximum Gasteiger partial charge on any atom is 0.265 e. The molecule has 0 fully saturated rings. The van der Waals surface area contributed by atoms with Crippen molar-refractivity contribution in [3.8, 4) is 6.07 Å². The molecule has 3 aromatic rings. The van der Waals surface area contributed by atoms with Gasteiger partial charge in [-0.05, 0) is 17.7 Å². The van der Waals surface area contributed by atoms with Gasteiger partial charge in [0.15, 0.2) is 11.2 Å². The van der Waals surface area contributed by atoms with Crippen LogP contribution in [0.25, 0.3) is 11.1 Å². The number of carbonyl (C=O) groups is 1. The van der Waals surface area contributed by atoms with Crippen LogP contribution in [0.4, 0.5) is 0 Å². The molecular weight excluding hydrogens is 350 g/mol. The Balaban J connectivity index is 1.63. The number of thioether (sulfide) groups is 1. The van der Waals surface area contributed by atoms with Gasteiger partial charge in [0.25, 0.3) is 11.1 Å². The molecule has 0 aliphatic heterocycles. The lowest BCUT2D eigenvalue weighted by molar-refractivity contribution is -0.117. The summed E-state index contributed by atoms with van der Waals surface area (Å²) in [4.78, 5) is 16.4. The molecule has 0 saturated carbocycles. The first-order chi connectivity index (χ1) is 12.7. The predicted molar refractivity (Wildman–Crippen MR) is 98.3 cm³/mol. The Hall–Kier alpha value is -3.24. The Morgan fingerprint density at radius 3 is 2.65 bits per heavy atom. The van der Waals surface area contributed by atoms with E-state index in [1.54, 1.807) is 12.1 Å². The highest BCUT2D eigenvalue weighted by Crippen LogP contribution is 2.24. The highest BCUT2D eigenvalue weighted by atomic mass is 32.2. The monoisotopic (exact) mass is 365 g/mol. The summed E-state index contributed by atoms with van der Waals surface area (Å²) in [5.74, 6) is -0.925. The first kappa shape index (κ1) is 17.6. The van der Waals surface area contributed by atoms with E-state index in [1.807, 2.05) is 48.5 Å². The minimum absolute atomic E-state index is 0.00840. The van der Waals surface area contributed by atoms with E-state index >= 15 is 0 Å². The second-order valence-electron chi connectivity index (χ2n) is 5.34. The summed E-state index contributed by atoms with van der Waals surface area (Å²) in [5.41, 5.74) is 1.93. The molecule has 0 unspecified atom stereocenters. The van der Waals surface area contributed by atoms with Gasteiger partial charge in [0, 0.05) is 6.54 Å². The summed E-state index contributed by atoms with van der Waals surface area (Å²) in [7, 11) is 0. The maximum atomic E-state index is 12.1. The lowest BCUT2D eigenvalue weighted by Gasteiger charge is -2.06. The number of nitriles is 1. The molecule has 0 radical (unpaired) electrons. The summed E-state index contributed by atoms with van der Waals surface area (Å²) >= 11 is 1.11. The standard InChI is InChI=1S/C19H15N3O3S/c20-10-14(18(24)21-11-13-6-2-1-3-7-13)16(23)12-26-19-22-15-8-4-5-9-17(15)25-19/h1-9,23H,11-12H2,(H,21,24)/b16-14-. The molecule has 1 amide bonds. The van der Waals surface area contributed by atoms with Crippen LogP contribution in [0.2, 0.25) is 0 Å². The van der Waals surface area contributed by atoms with Crippen LogP contribution in [-0.4, -0.2) is 21.8 Å². The largest absolute Gasteiger partial charge is 0.510 e. The number of rotatable bonds is 6. The third kappa shape index (κ3) is 4.23. The first-order valence-electron chi connectivity index (χ1n) is 7.80. The molecule has 0 bridgehead atoms. The Labute approximate surface area is 154 Å². The van der Waals surface area contributed by atoms with E-state index < -0.39 is 5.91 Å². The maximum absolute atomic E-state index is 12.1. The third-order valence-corrected chi connectivity index (χ3v) is 4.37. The molecule has 0 atom stereocenters. The molecule has 130 valence electrons. The summed E-state index contributed by atoms with van der Waals surface area (Å²) in [6.45, 7) is 0.274. The number of aliphatic hydroxyl groups excluding tert-OH is 1. The number of hydrogen-bond acceptors (Lipinski definition) is 6. The highest BCUT2D eigenvalue weighted by Gasteiger charge is 2.16. The van der Waals surface area contributed by atoms with Crippen LogP contribution in [0.5, 0.6) is 0 Å². The fourth-order valence-corrected chi connectivity index (χ4v) is 2.94. The van der Waals surface area contributed by atoms with Gasteiger partial charge in [0.1, 0.15) is 17.3 Å². The van der Waals surface area contributed by atoms with Gasteiger partial charge < -0.3 is 14.8 Å². The van der Waals surface area contributed by atoms with E-state index in [4.69, 9.17) is 4.42 Å². The average molecular weight is 365 g/mol. The number of hydrogen-bond donors (Lipinski definition) is 2. The van der Waals surface area contributed by atoms with E-state index in [-0.39, 0.29) is 23.6 Å². The minimum Gasteiger partial charge on any atom is -0.510 e. The lowest BCUT2D eigenvalue weighted by Crippen LogP contribution is -2.25. The number of carbonyl (C=O) groups excluding carboxylic acids is 1. The number of amides is 1. The van der Waals surface area contributed by atoms with Crippen LogP contribution in [-0.2, 0) is 11.3 Å². The molecule has 26 heavy (non-hydrogen) atoms. The van der Waals surface area contributed by atoms with Crippen molar-refractivity contribution < 1.29 is 14.3 Å².